The van der Waals surface area contributed by atoms with Gasteiger partial charge in [-0.3, -0.25) is 9.69 Å². The minimum absolute atomic E-state index is 0.0252. The number of carboxylic acids is 1. The number of benzene rings is 1. The average Bonchev–Trinajstić information content (AvgIpc) is 2.38. The van der Waals surface area contributed by atoms with E-state index < -0.39 is 5.97 Å². The number of fused-ring (bicyclic) bond motifs is 1. The fourth-order valence-electron chi connectivity index (χ4n) is 1.94. The van der Waals surface area contributed by atoms with Gasteiger partial charge in [0.05, 0.1) is 6.54 Å². The summed E-state index contributed by atoms with van der Waals surface area (Å²) in [4.78, 5) is 12.6. The lowest BCUT2D eigenvalue weighted by molar-refractivity contribution is -0.138. The number of likely N-dealkylation sites (N-methyl/N-ethyl adjacent to an activating group) is 1. The summed E-state index contributed by atoms with van der Waals surface area (Å²) in [6.45, 7) is 4.29. The van der Waals surface area contributed by atoms with E-state index in [1.165, 1.54) is 0 Å². The third kappa shape index (κ3) is 3.61. The van der Waals surface area contributed by atoms with Crippen LogP contribution in [0.25, 0.3) is 0 Å². The van der Waals surface area contributed by atoms with Crippen LogP contribution in [0, 0.1) is 0 Å². The van der Waals surface area contributed by atoms with E-state index in [9.17, 15) is 4.79 Å². The van der Waals surface area contributed by atoms with Crippen molar-refractivity contribution in [3.05, 3.63) is 22.2 Å². The molecule has 0 saturated heterocycles. The molecule has 0 atom stereocenters. The second-order valence-electron chi connectivity index (χ2n) is 4.28. The molecule has 0 unspecified atom stereocenters. The van der Waals surface area contributed by atoms with Gasteiger partial charge in [0.1, 0.15) is 13.2 Å². The second-order valence-corrected chi connectivity index (χ2v) is 5.14. The van der Waals surface area contributed by atoms with Crippen LogP contribution in [-0.4, -0.2) is 42.3 Å². The van der Waals surface area contributed by atoms with Gasteiger partial charge in [-0.1, -0.05) is 22.9 Å². The number of hydrogen-bond donors (Lipinski definition) is 1. The van der Waals surface area contributed by atoms with E-state index in [4.69, 9.17) is 14.6 Å². The topological polar surface area (TPSA) is 59.0 Å². The normalized spacial score (nSPS) is 13.6. The van der Waals surface area contributed by atoms with E-state index in [0.29, 0.717) is 26.3 Å². The molecule has 1 aromatic rings. The zero-order valence-corrected chi connectivity index (χ0v) is 12.3. The summed E-state index contributed by atoms with van der Waals surface area (Å²) in [5, 5.41) is 8.86. The summed E-state index contributed by atoms with van der Waals surface area (Å²) in [5.74, 6) is 0.620. The monoisotopic (exact) mass is 329 g/mol. The van der Waals surface area contributed by atoms with Crippen molar-refractivity contribution < 1.29 is 19.4 Å². The van der Waals surface area contributed by atoms with Crippen LogP contribution in [0.5, 0.6) is 11.5 Å². The first-order valence-corrected chi connectivity index (χ1v) is 6.91. The van der Waals surface area contributed by atoms with Crippen LogP contribution in [0.2, 0.25) is 0 Å². The number of halogens is 1. The number of nitrogens with zero attached hydrogens (tertiary/aromatic N) is 1. The summed E-state index contributed by atoms with van der Waals surface area (Å²) in [6.07, 6.45) is 0. The second kappa shape index (κ2) is 6.25. The molecule has 0 spiro atoms. The van der Waals surface area contributed by atoms with Crippen molar-refractivity contribution in [2.24, 2.45) is 0 Å². The van der Waals surface area contributed by atoms with E-state index in [1.54, 1.807) is 0 Å². The number of carboxylic acid groups (broad SMARTS) is 1. The Morgan fingerprint density at radius 2 is 2.00 bits per heavy atom. The van der Waals surface area contributed by atoms with E-state index in [0.717, 1.165) is 21.5 Å². The minimum Gasteiger partial charge on any atom is -0.486 e. The Bertz CT molecular complexity index is 478. The highest BCUT2D eigenvalue weighted by Gasteiger charge is 2.17. The van der Waals surface area contributed by atoms with Gasteiger partial charge < -0.3 is 14.6 Å². The van der Waals surface area contributed by atoms with E-state index in [2.05, 4.69) is 15.9 Å². The summed E-state index contributed by atoms with van der Waals surface area (Å²) in [5.41, 5.74) is 0.993. The standard InChI is InChI=1S/C13H16BrNO4/c1-2-15(8-13(16)17)7-9-5-11-12(6-10(9)14)19-4-3-18-11/h5-6H,2-4,7-8H2,1H3,(H,16,17). The smallest absolute Gasteiger partial charge is 0.317 e. The van der Waals surface area contributed by atoms with Crippen molar-refractivity contribution in [2.75, 3.05) is 26.3 Å². The maximum absolute atomic E-state index is 10.8. The van der Waals surface area contributed by atoms with Crippen LogP contribution in [0.4, 0.5) is 0 Å². The maximum atomic E-state index is 10.8. The zero-order valence-electron chi connectivity index (χ0n) is 10.7. The van der Waals surface area contributed by atoms with Crippen molar-refractivity contribution in [1.29, 1.82) is 0 Å². The zero-order chi connectivity index (χ0) is 13.8. The third-order valence-electron chi connectivity index (χ3n) is 2.91. The molecule has 0 saturated carbocycles. The van der Waals surface area contributed by atoms with Crippen molar-refractivity contribution in [3.63, 3.8) is 0 Å². The van der Waals surface area contributed by atoms with Gasteiger partial charge in [-0.15, -0.1) is 0 Å². The van der Waals surface area contributed by atoms with E-state index in [-0.39, 0.29) is 6.54 Å². The highest BCUT2D eigenvalue weighted by Crippen LogP contribution is 2.35. The molecule has 19 heavy (non-hydrogen) atoms. The van der Waals surface area contributed by atoms with Crippen LogP contribution in [0.1, 0.15) is 12.5 Å². The highest BCUT2D eigenvalue weighted by atomic mass is 79.9. The molecular formula is C13H16BrNO4. The van der Waals surface area contributed by atoms with Gasteiger partial charge in [0.2, 0.25) is 0 Å². The van der Waals surface area contributed by atoms with Gasteiger partial charge in [-0.2, -0.15) is 0 Å². The molecule has 104 valence electrons. The molecule has 0 bridgehead atoms. The summed E-state index contributed by atoms with van der Waals surface area (Å²) < 4.78 is 11.9. The van der Waals surface area contributed by atoms with Gasteiger partial charge >= 0.3 is 5.97 Å². The molecule has 6 heteroatoms. The number of carbonyl (C=O) groups is 1. The van der Waals surface area contributed by atoms with Crippen LogP contribution in [-0.2, 0) is 11.3 Å². The predicted octanol–water partition coefficient (Wildman–Crippen LogP) is 2.13. The fourth-order valence-corrected chi connectivity index (χ4v) is 2.39. The number of aliphatic carboxylic acids is 1. The average molecular weight is 330 g/mol. The van der Waals surface area contributed by atoms with Crippen LogP contribution < -0.4 is 9.47 Å². The molecule has 2 rings (SSSR count). The van der Waals surface area contributed by atoms with Gasteiger partial charge in [-0.05, 0) is 24.2 Å². The number of ether oxygens (including phenoxy) is 2. The molecule has 0 aliphatic carbocycles. The molecule has 5 nitrogen and oxygen atoms in total. The van der Waals surface area contributed by atoms with Crippen molar-refractivity contribution >= 4 is 21.9 Å². The summed E-state index contributed by atoms with van der Waals surface area (Å²) in [7, 11) is 0. The van der Waals surface area contributed by atoms with Gasteiger partial charge in [0.15, 0.2) is 11.5 Å². The van der Waals surface area contributed by atoms with Crippen LogP contribution in [0.15, 0.2) is 16.6 Å². The van der Waals surface area contributed by atoms with Gasteiger partial charge in [0.25, 0.3) is 0 Å². The molecule has 1 heterocycles. The van der Waals surface area contributed by atoms with E-state index >= 15 is 0 Å². The first-order valence-electron chi connectivity index (χ1n) is 6.12. The number of rotatable bonds is 5. The van der Waals surface area contributed by atoms with E-state index in [1.807, 2.05) is 24.0 Å². The Balaban J connectivity index is 2.17. The molecular weight excluding hydrogens is 314 g/mol. The Morgan fingerprint density at radius 1 is 1.37 bits per heavy atom. The first kappa shape index (κ1) is 14.1. The maximum Gasteiger partial charge on any atom is 0.317 e. The summed E-state index contributed by atoms with van der Waals surface area (Å²) >= 11 is 3.49. The van der Waals surface area contributed by atoms with Crippen LogP contribution in [0.3, 0.4) is 0 Å². The Kier molecular flexibility index (Phi) is 4.66. The Hall–Kier alpha value is -1.27. The Morgan fingerprint density at radius 3 is 2.58 bits per heavy atom. The summed E-state index contributed by atoms with van der Waals surface area (Å²) in [6, 6.07) is 3.78. The predicted molar refractivity (Wildman–Crippen MR) is 73.7 cm³/mol. The highest BCUT2D eigenvalue weighted by molar-refractivity contribution is 9.10. The van der Waals surface area contributed by atoms with Gasteiger partial charge in [-0.25, -0.2) is 0 Å². The minimum atomic E-state index is -0.824. The van der Waals surface area contributed by atoms with Crippen molar-refractivity contribution in [3.8, 4) is 11.5 Å². The largest absolute Gasteiger partial charge is 0.486 e. The van der Waals surface area contributed by atoms with Crippen LogP contribution >= 0.6 is 15.9 Å². The molecule has 1 aliphatic rings. The lowest BCUT2D eigenvalue weighted by Gasteiger charge is -2.22. The lowest BCUT2D eigenvalue weighted by atomic mass is 10.1. The molecule has 0 fully saturated rings. The lowest BCUT2D eigenvalue weighted by Crippen LogP contribution is -2.29. The molecule has 0 amide bonds. The first-order chi connectivity index (χ1) is 9.10. The molecule has 1 N–H and O–H groups in total. The quantitative estimate of drug-likeness (QED) is 0.896. The Labute approximate surface area is 120 Å². The SMILES string of the molecule is CCN(CC(=O)O)Cc1cc2c(cc1Br)OCCO2. The molecule has 0 radical (unpaired) electrons. The third-order valence-corrected chi connectivity index (χ3v) is 3.65. The van der Waals surface area contributed by atoms with Gasteiger partial charge in [0, 0.05) is 11.0 Å². The molecule has 1 aliphatic heterocycles. The molecule has 0 aromatic heterocycles. The fraction of sp³-hybridized carbons (Fsp3) is 0.462. The van der Waals surface area contributed by atoms with Crippen molar-refractivity contribution in [2.45, 2.75) is 13.5 Å². The number of hydrogen-bond acceptors (Lipinski definition) is 4. The van der Waals surface area contributed by atoms with Crippen molar-refractivity contribution in [1.82, 2.24) is 4.90 Å². The molecule has 1 aromatic carbocycles.